The minimum absolute atomic E-state index is 0.305. The minimum Gasteiger partial charge on any atom is -0.496 e. The van der Waals surface area contributed by atoms with E-state index in [0.29, 0.717) is 33.8 Å². The van der Waals surface area contributed by atoms with E-state index in [-0.39, 0.29) is 0 Å². The summed E-state index contributed by atoms with van der Waals surface area (Å²) in [5, 5.41) is 9.92. The number of fused-ring (bicyclic) bond motifs is 1. The van der Waals surface area contributed by atoms with Gasteiger partial charge in [0.1, 0.15) is 23.5 Å². The number of hydrogen-bond acceptors (Lipinski definition) is 6. The first-order chi connectivity index (χ1) is 16.0. The van der Waals surface area contributed by atoms with Crippen molar-refractivity contribution < 1.29 is 9.53 Å². The van der Waals surface area contributed by atoms with Crippen LogP contribution in [0.25, 0.3) is 44.7 Å². The van der Waals surface area contributed by atoms with Gasteiger partial charge in [-0.15, -0.1) is 0 Å². The predicted octanol–water partition coefficient (Wildman–Crippen LogP) is 3.21. The van der Waals surface area contributed by atoms with E-state index in [4.69, 9.17) is 10.5 Å². The van der Waals surface area contributed by atoms with Crippen molar-refractivity contribution in [3.63, 3.8) is 0 Å². The molecule has 0 fully saturated rings. The average Bonchev–Trinajstić information content (AvgIpc) is 3.41. The normalized spacial score (nSPS) is 11.1. The van der Waals surface area contributed by atoms with E-state index in [2.05, 4.69) is 20.2 Å². The van der Waals surface area contributed by atoms with E-state index in [1.54, 1.807) is 29.7 Å². The van der Waals surface area contributed by atoms with Crippen LogP contribution in [-0.4, -0.2) is 42.5 Å². The maximum Gasteiger partial charge on any atom is 0.252 e. The van der Waals surface area contributed by atoms with E-state index in [1.807, 2.05) is 55.7 Å². The lowest BCUT2D eigenvalue weighted by molar-refractivity contribution is 0.100. The highest BCUT2D eigenvalue weighted by atomic mass is 16.5. The Hall–Kier alpha value is -4.53. The Labute approximate surface area is 189 Å². The van der Waals surface area contributed by atoms with Gasteiger partial charge >= 0.3 is 0 Å². The van der Waals surface area contributed by atoms with Crippen molar-refractivity contribution in [2.24, 2.45) is 19.8 Å². The van der Waals surface area contributed by atoms with Gasteiger partial charge in [-0.3, -0.25) is 14.2 Å². The van der Waals surface area contributed by atoms with Crippen LogP contribution in [0.5, 0.6) is 5.75 Å². The van der Waals surface area contributed by atoms with Crippen molar-refractivity contribution in [2.45, 2.75) is 0 Å². The van der Waals surface area contributed by atoms with Crippen LogP contribution in [0, 0.1) is 0 Å². The third-order valence-corrected chi connectivity index (χ3v) is 5.44. The van der Waals surface area contributed by atoms with Gasteiger partial charge in [-0.25, -0.2) is 9.97 Å². The lowest BCUT2D eigenvalue weighted by Gasteiger charge is -2.12. The Morgan fingerprint density at radius 2 is 1.64 bits per heavy atom. The molecule has 0 aliphatic rings. The highest BCUT2D eigenvalue weighted by Gasteiger charge is 2.22. The van der Waals surface area contributed by atoms with Crippen LogP contribution >= 0.6 is 0 Å². The van der Waals surface area contributed by atoms with Gasteiger partial charge in [0.15, 0.2) is 0 Å². The highest BCUT2D eigenvalue weighted by molar-refractivity contribution is 6.03. The molecule has 3 heterocycles. The van der Waals surface area contributed by atoms with Gasteiger partial charge in [-0.1, -0.05) is 30.3 Å². The summed E-state index contributed by atoms with van der Waals surface area (Å²) in [5.41, 5.74) is 11.0. The fraction of sp³-hybridized carbons (Fsp3) is 0.125. The molecule has 9 nitrogen and oxygen atoms in total. The van der Waals surface area contributed by atoms with Gasteiger partial charge in [-0.05, 0) is 6.07 Å². The summed E-state index contributed by atoms with van der Waals surface area (Å²) < 4.78 is 8.93. The number of hydrogen-bond donors (Lipinski definition) is 1. The van der Waals surface area contributed by atoms with Crippen LogP contribution in [0.15, 0.2) is 61.2 Å². The molecule has 0 unspecified atom stereocenters. The Balaban J connectivity index is 1.79. The summed E-state index contributed by atoms with van der Waals surface area (Å²) in [5.74, 6) is -0.0359. The third kappa shape index (κ3) is 3.49. The van der Waals surface area contributed by atoms with Crippen molar-refractivity contribution in [1.82, 2.24) is 29.5 Å². The quantitative estimate of drug-likeness (QED) is 0.450. The minimum atomic E-state index is -0.566. The summed E-state index contributed by atoms with van der Waals surface area (Å²) in [7, 11) is 5.18. The maximum atomic E-state index is 12.1. The molecule has 0 atom stereocenters. The first kappa shape index (κ1) is 20.4. The van der Waals surface area contributed by atoms with Crippen LogP contribution < -0.4 is 10.5 Å². The van der Waals surface area contributed by atoms with Crippen LogP contribution in [0.2, 0.25) is 0 Å². The number of amides is 1. The molecule has 0 saturated carbocycles. The zero-order chi connectivity index (χ0) is 23.1. The van der Waals surface area contributed by atoms with Crippen LogP contribution in [0.1, 0.15) is 10.4 Å². The monoisotopic (exact) mass is 439 g/mol. The van der Waals surface area contributed by atoms with E-state index in [9.17, 15) is 4.79 Å². The molecule has 9 heteroatoms. The predicted molar refractivity (Wildman–Crippen MR) is 124 cm³/mol. The Morgan fingerprint density at radius 1 is 0.909 bits per heavy atom. The fourth-order valence-corrected chi connectivity index (χ4v) is 3.99. The zero-order valence-electron chi connectivity index (χ0n) is 18.4. The Kier molecular flexibility index (Phi) is 4.86. The van der Waals surface area contributed by atoms with Crippen LogP contribution in [0.3, 0.4) is 0 Å². The number of nitrogens with two attached hydrogens (primary N) is 1. The molecule has 0 radical (unpaired) electrons. The number of primary amides is 1. The van der Waals surface area contributed by atoms with Crippen molar-refractivity contribution in [2.75, 3.05) is 7.11 Å². The van der Waals surface area contributed by atoms with Crippen LogP contribution in [0.4, 0.5) is 0 Å². The number of aryl methyl sites for hydroxylation is 2. The number of carbonyl (C=O) groups is 1. The van der Waals surface area contributed by atoms with E-state index >= 15 is 0 Å². The molecule has 5 rings (SSSR count). The summed E-state index contributed by atoms with van der Waals surface area (Å²) >= 11 is 0. The molecule has 0 spiro atoms. The smallest absolute Gasteiger partial charge is 0.252 e. The maximum absolute atomic E-state index is 12.1. The van der Waals surface area contributed by atoms with E-state index < -0.39 is 5.91 Å². The third-order valence-electron chi connectivity index (χ3n) is 5.44. The topological polar surface area (TPSA) is 114 Å². The second-order valence-electron chi connectivity index (χ2n) is 7.65. The molecular weight excluding hydrogens is 418 g/mol. The van der Waals surface area contributed by atoms with Gasteiger partial charge in [0.25, 0.3) is 5.91 Å². The summed E-state index contributed by atoms with van der Waals surface area (Å²) in [6, 6.07) is 13.6. The molecule has 164 valence electrons. The van der Waals surface area contributed by atoms with E-state index in [1.165, 1.54) is 6.33 Å². The standard InChI is InChI=1S/C24H21N7O2/c1-30-11-17(21(28-30)14-7-5-4-6-8-14)22-15-9-16(20(33-3)10-19(15)26-13-27-22)23-18(24(25)32)12-31(2)29-23/h4-13H,1-3H3,(H2,25,32). The number of ether oxygens (including phenoxy) is 1. The lowest BCUT2D eigenvalue weighted by atomic mass is 9.99. The van der Waals surface area contributed by atoms with Crippen molar-refractivity contribution in [3.8, 4) is 39.5 Å². The molecule has 5 aromatic rings. The van der Waals surface area contributed by atoms with Gasteiger partial charge in [0.2, 0.25) is 0 Å². The first-order valence-corrected chi connectivity index (χ1v) is 10.2. The highest BCUT2D eigenvalue weighted by Crippen LogP contribution is 2.39. The van der Waals surface area contributed by atoms with Crippen molar-refractivity contribution in [1.29, 1.82) is 0 Å². The van der Waals surface area contributed by atoms with Crippen molar-refractivity contribution >= 4 is 16.8 Å². The molecule has 0 saturated heterocycles. The Morgan fingerprint density at radius 3 is 2.36 bits per heavy atom. The number of aromatic nitrogens is 6. The first-order valence-electron chi connectivity index (χ1n) is 10.2. The second kappa shape index (κ2) is 7.86. The molecule has 0 bridgehead atoms. The molecule has 2 N–H and O–H groups in total. The summed E-state index contributed by atoms with van der Waals surface area (Å²) in [6.45, 7) is 0. The number of methoxy groups -OCH3 is 1. The zero-order valence-corrected chi connectivity index (χ0v) is 18.4. The summed E-state index contributed by atoms with van der Waals surface area (Å²) in [4.78, 5) is 21.1. The summed E-state index contributed by atoms with van der Waals surface area (Å²) in [6.07, 6.45) is 5.05. The van der Waals surface area contributed by atoms with Gasteiger partial charge in [0.05, 0.1) is 23.9 Å². The molecular formula is C24H21N7O2. The van der Waals surface area contributed by atoms with Gasteiger partial charge in [-0.2, -0.15) is 10.2 Å². The number of benzene rings is 2. The molecule has 2 aromatic carbocycles. The molecule has 1 amide bonds. The average molecular weight is 439 g/mol. The number of carbonyl (C=O) groups excluding carboxylic acids is 1. The fourth-order valence-electron chi connectivity index (χ4n) is 3.99. The molecule has 33 heavy (non-hydrogen) atoms. The second-order valence-corrected chi connectivity index (χ2v) is 7.65. The van der Waals surface area contributed by atoms with Gasteiger partial charge < -0.3 is 10.5 Å². The SMILES string of the molecule is COc1cc2ncnc(-c3cn(C)nc3-c3ccccc3)c2cc1-c1nn(C)cc1C(N)=O. The van der Waals surface area contributed by atoms with Crippen LogP contribution in [-0.2, 0) is 14.1 Å². The number of nitrogens with zero attached hydrogens (tertiary/aromatic N) is 6. The van der Waals surface area contributed by atoms with E-state index in [0.717, 1.165) is 22.2 Å². The largest absolute Gasteiger partial charge is 0.496 e. The van der Waals surface area contributed by atoms with Gasteiger partial charge in [0, 0.05) is 54.6 Å². The molecule has 0 aliphatic carbocycles. The Bertz CT molecular complexity index is 1500. The number of rotatable bonds is 5. The molecule has 3 aromatic heterocycles. The molecule has 0 aliphatic heterocycles. The van der Waals surface area contributed by atoms with Crippen molar-refractivity contribution in [3.05, 3.63) is 66.7 Å². The lowest BCUT2D eigenvalue weighted by Crippen LogP contribution is -2.11.